The van der Waals surface area contributed by atoms with Crippen molar-refractivity contribution in [1.82, 2.24) is 4.90 Å². The van der Waals surface area contributed by atoms with Crippen LogP contribution >= 0.6 is 11.8 Å². The van der Waals surface area contributed by atoms with Gasteiger partial charge in [0.15, 0.2) is 5.70 Å². The summed E-state index contributed by atoms with van der Waals surface area (Å²) in [5, 5.41) is 19.2. The molecule has 2 aliphatic heterocycles. The first-order chi connectivity index (χ1) is 17.7. The average Bonchev–Trinajstić information content (AvgIpc) is 2.88. The van der Waals surface area contributed by atoms with Crippen molar-refractivity contribution in [3.63, 3.8) is 0 Å². The molecule has 13 heteroatoms. The number of ether oxygens (including phenoxy) is 3. The summed E-state index contributed by atoms with van der Waals surface area (Å²) in [6.45, 7) is 1.08. The minimum atomic E-state index is -1.09. The van der Waals surface area contributed by atoms with E-state index < -0.39 is 56.9 Å². The zero-order chi connectivity index (χ0) is 26.7. The maximum atomic E-state index is 12.9. The Kier molecular flexibility index (Phi) is 7.43. The van der Waals surface area contributed by atoms with Crippen molar-refractivity contribution >= 4 is 40.6 Å². The van der Waals surface area contributed by atoms with E-state index in [0.29, 0.717) is 22.9 Å². The highest BCUT2D eigenvalue weighted by Gasteiger charge is 2.59. The van der Waals surface area contributed by atoms with E-state index in [1.165, 1.54) is 31.2 Å². The maximum absolute atomic E-state index is 12.9. The van der Waals surface area contributed by atoms with Crippen molar-refractivity contribution in [2.45, 2.75) is 31.6 Å². The Morgan fingerprint density at radius 1 is 1.05 bits per heavy atom. The summed E-state index contributed by atoms with van der Waals surface area (Å²) >= 11 is 0.624. The number of carbonyl (C=O) groups is 4. The van der Waals surface area contributed by atoms with Crippen LogP contribution in [0.25, 0.3) is 0 Å². The van der Waals surface area contributed by atoms with E-state index in [1.54, 1.807) is 30.3 Å². The molecular weight excluding hydrogens is 508 g/mol. The Bertz CT molecular complexity index is 1280. The summed E-state index contributed by atoms with van der Waals surface area (Å²) in [6, 6.07) is 14.1. The highest BCUT2D eigenvalue weighted by atomic mass is 32.2. The van der Waals surface area contributed by atoms with Gasteiger partial charge in [-0.3, -0.25) is 24.6 Å². The summed E-state index contributed by atoms with van der Waals surface area (Å²) in [6.07, 6.45) is -2.12. The van der Waals surface area contributed by atoms with Gasteiger partial charge >= 0.3 is 12.1 Å². The molecule has 2 aromatic rings. The number of nitrogens with zero attached hydrogens (tertiary/aromatic N) is 2. The Morgan fingerprint density at radius 3 is 2.32 bits per heavy atom. The first-order valence-corrected chi connectivity index (χ1v) is 11.8. The molecule has 0 spiro atoms. The van der Waals surface area contributed by atoms with Crippen LogP contribution in [0.1, 0.15) is 18.1 Å². The Balaban J connectivity index is 1.35. The standard InChI is InChI=1S/C24H20N2O10S/c1-13(36-24(31)35-12-15-7-9-16(10-8-15)26(32)33)17-20(28)25-18(19(27)23(30)37-21(17)25)22(29)34-11-14-5-3-2-4-6-14/h2-10,13,17,21,27H,11-12H2,1H3/t13-,17+,21+/m1/s1. The minimum absolute atomic E-state index is 0.115. The molecule has 2 heterocycles. The zero-order valence-corrected chi connectivity index (χ0v) is 20.1. The third kappa shape index (κ3) is 5.40. The van der Waals surface area contributed by atoms with E-state index in [-0.39, 0.29) is 18.9 Å². The molecule has 1 amide bonds. The number of nitro groups is 1. The second-order valence-corrected chi connectivity index (χ2v) is 9.16. The number of benzene rings is 2. The van der Waals surface area contributed by atoms with Gasteiger partial charge in [0, 0.05) is 12.1 Å². The number of hydrogen-bond donors (Lipinski definition) is 1. The number of nitro benzene ring substituents is 1. The molecule has 1 fully saturated rings. The van der Waals surface area contributed by atoms with E-state index >= 15 is 0 Å². The molecule has 37 heavy (non-hydrogen) atoms. The summed E-state index contributed by atoms with van der Waals surface area (Å²) in [5.41, 5.74) is 0.481. The molecule has 4 rings (SSSR count). The Labute approximate surface area is 213 Å². The fourth-order valence-corrected chi connectivity index (χ4v) is 4.99. The lowest BCUT2D eigenvalue weighted by Gasteiger charge is -2.49. The molecule has 0 aliphatic carbocycles. The molecule has 0 unspecified atom stereocenters. The van der Waals surface area contributed by atoms with E-state index in [4.69, 9.17) is 14.2 Å². The second kappa shape index (κ2) is 10.7. The number of β-lactam (4-membered cyclic amide) rings is 1. The fourth-order valence-electron chi connectivity index (χ4n) is 3.76. The van der Waals surface area contributed by atoms with Gasteiger partial charge in [-0.25, -0.2) is 9.59 Å². The highest BCUT2D eigenvalue weighted by Crippen LogP contribution is 2.46. The van der Waals surface area contributed by atoms with E-state index in [1.807, 2.05) is 0 Å². The van der Waals surface area contributed by atoms with Gasteiger partial charge in [0.2, 0.25) is 11.7 Å². The van der Waals surface area contributed by atoms with Crippen molar-refractivity contribution in [1.29, 1.82) is 0 Å². The van der Waals surface area contributed by atoms with Gasteiger partial charge in [-0.15, -0.1) is 0 Å². The number of amides is 1. The van der Waals surface area contributed by atoms with Gasteiger partial charge in [0.25, 0.3) is 10.8 Å². The molecular formula is C24H20N2O10S. The molecule has 12 nitrogen and oxygen atoms in total. The van der Waals surface area contributed by atoms with E-state index in [2.05, 4.69) is 0 Å². The smallest absolute Gasteiger partial charge is 0.502 e. The summed E-state index contributed by atoms with van der Waals surface area (Å²) < 4.78 is 15.4. The molecule has 2 aliphatic rings. The number of non-ortho nitro benzene ring substituents is 1. The molecule has 0 aromatic heterocycles. The third-order valence-corrected chi connectivity index (χ3v) is 6.82. The van der Waals surface area contributed by atoms with Crippen molar-refractivity contribution in [3.8, 4) is 0 Å². The lowest BCUT2D eigenvalue weighted by atomic mass is 9.91. The molecule has 1 saturated heterocycles. The largest absolute Gasteiger partial charge is 0.508 e. The van der Waals surface area contributed by atoms with Crippen molar-refractivity contribution in [3.05, 3.63) is 87.3 Å². The number of aliphatic hydroxyl groups excluding tert-OH is 1. The van der Waals surface area contributed by atoms with Crippen LogP contribution in [-0.2, 0) is 41.8 Å². The molecule has 3 atom stereocenters. The van der Waals surface area contributed by atoms with Crippen LogP contribution in [0.4, 0.5) is 10.5 Å². The second-order valence-electron chi connectivity index (χ2n) is 8.07. The molecule has 0 radical (unpaired) electrons. The lowest BCUT2D eigenvalue weighted by Crippen LogP contribution is -2.65. The van der Waals surface area contributed by atoms with Gasteiger partial charge in [-0.1, -0.05) is 42.1 Å². The van der Waals surface area contributed by atoms with Crippen LogP contribution in [0.2, 0.25) is 0 Å². The Morgan fingerprint density at radius 2 is 1.68 bits per heavy atom. The summed E-state index contributed by atoms with van der Waals surface area (Å²) in [4.78, 5) is 61.1. The topological polar surface area (TPSA) is 163 Å². The van der Waals surface area contributed by atoms with Crippen LogP contribution in [-0.4, -0.2) is 49.6 Å². The van der Waals surface area contributed by atoms with E-state index in [9.17, 15) is 34.4 Å². The SMILES string of the molecule is C[C@@H](OC(=O)OCc1ccc([N+](=O)[O-])cc1)[C@H]1C(=O)N2C(C(=O)OCc3ccccc3)=C(O)C(=O)S[C@@H]12. The number of carbonyl (C=O) groups excluding carboxylic acids is 4. The monoisotopic (exact) mass is 528 g/mol. The number of rotatable bonds is 8. The first-order valence-electron chi connectivity index (χ1n) is 10.9. The first kappa shape index (κ1) is 25.7. The summed E-state index contributed by atoms with van der Waals surface area (Å²) in [7, 11) is 0. The van der Waals surface area contributed by atoms with Gasteiger partial charge < -0.3 is 19.3 Å². The minimum Gasteiger partial charge on any atom is -0.502 e. The molecule has 0 saturated carbocycles. The molecule has 0 bridgehead atoms. The molecule has 1 N–H and O–H groups in total. The fraction of sp³-hybridized carbons (Fsp3) is 0.250. The van der Waals surface area contributed by atoms with Crippen LogP contribution in [0, 0.1) is 16.0 Å². The quantitative estimate of drug-likeness (QED) is 0.232. The molecule has 2 aromatic carbocycles. The van der Waals surface area contributed by atoms with Crippen molar-refractivity contribution in [2.24, 2.45) is 5.92 Å². The number of fused-ring (bicyclic) bond motifs is 1. The zero-order valence-electron chi connectivity index (χ0n) is 19.3. The van der Waals surface area contributed by atoms with Crippen molar-refractivity contribution in [2.75, 3.05) is 0 Å². The predicted molar refractivity (Wildman–Crippen MR) is 126 cm³/mol. The van der Waals surface area contributed by atoms with Crippen LogP contribution in [0.15, 0.2) is 66.1 Å². The number of aliphatic hydroxyl groups is 1. The van der Waals surface area contributed by atoms with Crippen LogP contribution in [0.5, 0.6) is 0 Å². The van der Waals surface area contributed by atoms with Crippen molar-refractivity contribution < 1.29 is 43.4 Å². The predicted octanol–water partition coefficient (Wildman–Crippen LogP) is 3.21. The van der Waals surface area contributed by atoms with Crippen LogP contribution < -0.4 is 0 Å². The molecule has 192 valence electrons. The number of thioether (sulfide) groups is 1. The van der Waals surface area contributed by atoms with Gasteiger partial charge in [-0.05, 0) is 30.2 Å². The summed E-state index contributed by atoms with van der Waals surface area (Å²) in [5.74, 6) is -3.55. The van der Waals surface area contributed by atoms with E-state index in [0.717, 1.165) is 4.90 Å². The normalized spacial score (nSPS) is 19.4. The maximum Gasteiger partial charge on any atom is 0.508 e. The van der Waals surface area contributed by atoms with Gasteiger partial charge in [0.1, 0.15) is 30.6 Å². The van der Waals surface area contributed by atoms with Gasteiger partial charge in [-0.2, -0.15) is 0 Å². The Hall–Kier alpha value is -4.39. The van der Waals surface area contributed by atoms with Gasteiger partial charge in [0.05, 0.1) is 4.92 Å². The lowest BCUT2D eigenvalue weighted by molar-refractivity contribution is -0.384. The number of hydrogen-bond acceptors (Lipinski definition) is 11. The number of esters is 1. The third-order valence-electron chi connectivity index (χ3n) is 5.67. The van der Waals surface area contributed by atoms with Crippen LogP contribution in [0.3, 0.4) is 0 Å². The highest BCUT2D eigenvalue weighted by molar-refractivity contribution is 8.14. The average molecular weight is 528 g/mol.